The summed E-state index contributed by atoms with van der Waals surface area (Å²) in [4.78, 5) is 4.55. The third kappa shape index (κ3) is 6.97. The molecule has 2 heterocycles. The largest absolute Gasteiger partial charge is 0.469 e. The summed E-state index contributed by atoms with van der Waals surface area (Å²) in [5, 5.41) is 10.7. The molecule has 22 heavy (non-hydrogen) atoms. The Kier molecular flexibility index (Phi) is 9.36. The minimum atomic E-state index is 0. The summed E-state index contributed by atoms with van der Waals surface area (Å²) in [7, 11) is 0. The van der Waals surface area contributed by atoms with Crippen molar-refractivity contribution in [2.24, 2.45) is 4.99 Å². The first kappa shape index (κ1) is 18.5. The number of hydrogen-bond acceptors (Lipinski definition) is 3. The zero-order chi connectivity index (χ0) is 14.8. The SMILES string of the molecule is CCNC(=NCCCn1cccn1)NCCc1ccco1.I. The standard InChI is InChI=1S/C15H23N5O.HI/c1-2-16-15(18-10-7-14-6-3-13-21-14)17-8-4-11-20-12-5-9-19-20;/h3,5-6,9,12-13H,2,4,7-8,10-11H2,1H3,(H2,16,17,18);1H. The van der Waals surface area contributed by atoms with Crippen LogP contribution < -0.4 is 10.6 Å². The average Bonchev–Trinajstić information content (AvgIpc) is 3.17. The maximum Gasteiger partial charge on any atom is 0.191 e. The van der Waals surface area contributed by atoms with Crippen molar-refractivity contribution in [1.82, 2.24) is 20.4 Å². The van der Waals surface area contributed by atoms with Crippen LogP contribution in [0.25, 0.3) is 0 Å². The molecule has 0 spiro atoms. The maximum atomic E-state index is 5.31. The molecule has 0 saturated carbocycles. The summed E-state index contributed by atoms with van der Waals surface area (Å²) in [6.07, 6.45) is 7.28. The fourth-order valence-corrected chi connectivity index (χ4v) is 1.96. The molecule has 2 aromatic rings. The Labute approximate surface area is 148 Å². The Balaban J connectivity index is 0.00000242. The van der Waals surface area contributed by atoms with Gasteiger partial charge in [-0.2, -0.15) is 5.10 Å². The van der Waals surface area contributed by atoms with E-state index >= 15 is 0 Å². The molecule has 0 amide bonds. The quantitative estimate of drug-likeness (QED) is 0.299. The van der Waals surface area contributed by atoms with Gasteiger partial charge >= 0.3 is 0 Å². The predicted molar refractivity (Wildman–Crippen MR) is 98.7 cm³/mol. The van der Waals surface area contributed by atoms with Crippen molar-refractivity contribution in [3.05, 3.63) is 42.6 Å². The first-order valence-corrected chi connectivity index (χ1v) is 7.40. The molecule has 0 fully saturated rings. The average molecular weight is 417 g/mol. The van der Waals surface area contributed by atoms with Crippen LogP contribution in [0.5, 0.6) is 0 Å². The second-order valence-corrected chi connectivity index (χ2v) is 4.64. The van der Waals surface area contributed by atoms with E-state index in [2.05, 4.69) is 27.6 Å². The lowest BCUT2D eigenvalue weighted by molar-refractivity contribution is 0.506. The number of guanidine groups is 1. The number of aromatic nitrogens is 2. The number of rotatable bonds is 8. The van der Waals surface area contributed by atoms with Crippen molar-refractivity contribution in [2.75, 3.05) is 19.6 Å². The molecule has 0 saturated heterocycles. The van der Waals surface area contributed by atoms with Crippen LogP contribution in [0.2, 0.25) is 0 Å². The van der Waals surface area contributed by atoms with Gasteiger partial charge in [0.1, 0.15) is 5.76 Å². The van der Waals surface area contributed by atoms with E-state index in [4.69, 9.17) is 4.42 Å². The minimum absolute atomic E-state index is 0. The van der Waals surface area contributed by atoms with Gasteiger partial charge in [0.05, 0.1) is 6.26 Å². The molecule has 122 valence electrons. The van der Waals surface area contributed by atoms with Crippen LogP contribution in [-0.2, 0) is 13.0 Å². The molecule has 0 unspecified atom stereocenters. The molecule has 2 aromatic heterocycles. The van der Waals surface area contributed by atoms with Gasteiger partial charge < -0.3 is 15.1 Å². The molecule has 0 aliphatic heterocycles. The van der Waals surface area contributed by atoms with E-state index < -0.39 is 0 Å². The zero-order valence-corrected chi connectivity index (χ0v) is 15.2. The van der Waals surface area contributed by atoms with Gasteiger partial charge in [-0.05, 0) is 31.5 Å². The monoisotopic (exact) mass is 417 g/mol. The van der Waals surface area contributed by atoms with E-state index in [0.29, 0.717) is 0 Å². The first-order valence-electron chi connectivity index (χ1n) is 7.40. The van der Waals surface area contributed by atoms with Crippen LogP contribution in [0.4, 0.5) is 0 Å². The van der Waals surface area contributed by atoms with E-state index in [1.807, 2.05) is 29.1 Å². The highest BCUT2D eigenvalue weighted by molar-refractivity contribution is 14.0. The van der Waals surface area contributed by atoms with Crippen LogP contribution in [0.1, 0.15) is 19.1 Å². The lowest BCUT2D eigenvalue weighted by Gasteiger charge is -2.10. The lowest BCUT2D eigenvalue weighted by atomic mass is 10.3. The number of nitrogens with zero attached hydrogens (tertiary/aromatic N) is 3. The second kappa shape index (κ2) is 11.1. The third-order valence-corrected chi connectivity index (χ3v) is 2.96. The van der Waals surface area contributed by atoms with Crippen LogP contribution in [-0.4, -0.2) is 35.4 Å². The molecule has 0 aromatic carbocycles. The van der Waals surface area contributed by atoms with Crippen molar-refractivity contribution in [2.45, 2.75) is 26.3 Å². The van der Waals surface area contributed by atoms with E-state index in [0.717, 1.165) is 50.7 Å². The molecule has 2 rings (SSSR count). The maximum absolute atomic E-state index is 5.31. The zero-order valence-electron chi connectivity index (χ0n) is 12.9. The van der Waals surface area contributed by atoms with Gasteiger partial charge in [-0.25, -0.2) is 0 Å². The number of aliphatic imine (C=N–C) groups is 1. The van der Waals surface area contributed by atoms with Gasteiger partial charge in [0.2, 0.25) is 0 Å². The van der Waals surface area contributed by atoms with Gasteiger partial charge in [-0.3, -0.25) is 9.67 Å². The minimum Gasteiger partial charge on any atom is -0.469 e. The lowest BCUT2D eigenvalue weighted by Crippen LogP contribution is -2.38. The summed E-state index contributed by atoms with van der Waals surface area (Å²) < 4.78 is 7.23. The smallest absolute Gasteiger partial charge is 0.191 e. The molecule has 0 bridgehead atoms. The fourth-order valence-electron chi connectivity index (χ4n) is 1.96. The molecule has 7 heteroatoms. The Morgan fingerprint density at radius 1 is 1.36 bits per heavy atom. The molecule has 0 radical (unpaired) electrons. The normalized spacial score (nSPS) is 11.0. The van der Waals surface area contributed by atoms with Crippen molar-refractivity contribution in [3.63, 3.8) is 0 Å². The Bertz CT molecular complexity index is 510. The van der Waals surface area contributed by atoms with Crippen LogP contribution in [0, 0.1) is 0 Å². The molecule has 0 aliphatic carbocycles. The van der Waals surface area contributed by atoms with E-state index in [1.54, 1.807) is 12.5 Å². The van der Waals surface area contributed by atoms with Crippen molar-refractivity contribution in [1.29, 1.82) is 0 Å². The number of furan rings is 1. The highest BCUT2D eigenvalue weighted by atomic mass is 127. The predicted octanol–water partition coefficient (Wildman–Crippen LogP) is 2.28. The van der Waals surface area contributed by atoms with Crippen molar-refractivity contribution >= 4 is 29.9 Å². The number of nitrogens with one attached hydrogen (secondary N) is 2. The van der Waals surface area contributed by atoms with Crippen LogP contribution >= 0.6 is 24.0 Å². The van der Waals surface area contributed by atoms with Gasteiger partial charge in [0.15, 0.2) is 5.96 Å². The van der Waals surface area contributed by atoms with Crippen molar-refractivity contribution in [3.8, 4) is 0 Å². The van der Waals surface area contributed by atoms with E-state index in [9.17, 15) is 0 Å². The summed E-state index contributed by atoms with van der Waals surface area (Å²) >= 11 is 0. The van der Waals surface area contributed by atoms with Crippen LogP contribution in [0.15, 0.2) is 46.3 Å². The summed E-state index contributed by atoms with van der Waals surface area (Å²) in [5.74, 6) is 1.83. The molecule has 6 nitrogen and oxygen atoms in total. The first-order chi connectivity index (χ1) is 10.4. The van der Waals surface area contributed by atoms with Gasteiger partial charge in [-0.15, -0.1) is 24.0 Å². The summed E-state index contributed by atoms with van der Waals surface area (Å²) in [6, 6.07) is 5.82. The molecular formula is C15H24IN5O. The molecular weight excluding hydrogens is 393 g/mol. The molecule has 0 aliphatic rings. The number of aryl methyl sites for hydroxylation is 1. The highest BCUT2D eigenvalue weighted by Crippen LogP contribution is 1.99. The van der Waals surface area contributed by atoms with E-state index in [-0.39, 0.29) is 24.0 Å². The fraction of sp³-hybridized carbons (Fsp3) is 0.467. The van der Waals surface area contributed by atoms with Gasteiger partial charge in [0, 0.05) is 45.0 Å². The number of halogens is 1. The molecule has 0 atom stereocenters. The molecule has 2 N–H and O–H groups in total. The second-order valence-electron chi connectivity index (χ2n) is 4.64. The van der Waals surface area contributed by atoms with Crippen molar-refractivity contribution < 1.29 is 4.42 Å². The third-order valence-electron chi connectivity index (χ3n) is 2.96. The van der Waals surface area contributed by atoms with Crippen LogP contribution in [0.3, 0.4) is 0 Å². The Morgan fingerprint density at radius 2 is 2.27 bits per heavy atom. The summed E-state index contributed by atoms with van der Waals surface area (Å²) in [6.45, 7) is 5.38. The summed E-state index contributed by atoms with van der Waals surface area (Å²) in [5.41, 5.74) is 0. The van der Waals surface area contributed by atoms with E-state index in [1.165, 1.54) is 0 Å². The Morgan fingerprint density at radius 3 is 2.95 bits per heavy atom. The highest BCUT2D eigenvalue weighted by Gasteiger charge is 1.99. The topological polar surface area (TPSA) is 67.4 Å². The number of hydrogen-bond donors (Lipinski definition) is 2. The van der Waals surface area contributed by atoms with Gasteiger partial charge in [-0.1, -0.05) is 0 Å². The Hall–Kier alpha value is -1.51. The van der Waals surface area contributed by atoms with Gasteiger partial charge in [0.25, 0.3) is 0 Å².